The number of rotatable bonds is 8. The first-order chi connectivity index (χ1) is 10.3. The van der Waals surface area contributed by atoms with Gasteiger partial charge in [-0.2, -0.15) is 0 Å². The summed E-state index contributed by atoms with van der Waals surface area (Å²) in [5, 5.41) is 2.58. The highest BCUT2D eigenvalue weighted by molar-refractivity contribution is 7.37. The van der Waals surface area contributed by atoms with Crippen LogP contribution in [0.3, 0.4) is 0 Å². The van der Waals surface area contributed by atoms with Gasteiger partial charge in [0.15, 0.2) is 0 Å². The van der Waals surface area contributed by atoms with Gasteiger partial charge in [0.2, 0.25) is 0 Å². The quantitative estimate of drug-likeness (QED) is 0.578. The highest BCUT2D eigenvalue weighted by Crippen LogP contribution is 2.32. The van der Waals surface area contributed by atoms with Gasteiger partial charge in [0.05, 0.1) is 20.3 Å². The highest BCUT2D eigenvalue weighted by Gasteiger charge is 2.18. The number of hydrogen-bond acceptors (Lipinski definition) is 6. The van der Waals surface area contributed by atoms with Crippen LogP contribution in [0.25, 0.3) is 0 Å². The average Bonchev–Trinajstić information content (AvgIpc) is 2.45. The molecule has 0 fully saturated rings. The van der Waals surface area contributed by atoms with Crippen LogP contribution in [-0.2, 0) is 14.1 Å². The summed E-state index contributed by atoms with van der Waals surface area (Å²) in [6.45, 7) is 5.04. The minimum absolute atomic E-state index is 0.234. The Labute approximate surface area is 130 Å². The second-order valence-electron chi connectivity index (χ2n) is 4.79. The lowest BCUT2D eigenvalue weighted by atomic mass is 10.3. The number of benzene rings is 1. The Balaban J connectivity index is 2.66. The Morgan fingerprint density at radius 1 is 1.05 bits per heavy atom. The van der Waals surface area contributed by atoms with Gasteiger partial charge in [-0.1, -0.05) is 0 Å². The number of hydrogen-bond donors (Lipinski definition) is 1. The van der Waals surface area contributed by atoms with E-state index in [0.29, 0.717) is 17.2 Å². The fraction of sp³-hybridized carbons (Fsp3) is 0.500. The standard InChI is InChI=1S/C14H22NO6P/c1-9(2)20-14(16)10(3)15-22(17)21-13-7-11(18-4)6-12(8-13)19-5/h6-10,22H,1-5H3,(H,15,17)/t10-/m0/s1. The van der Waals surface area contributed by atoms with Crippen LogP contribution in [0, 0.1) is 0 Å². The first kappa shape index (κ1) is 18.3. The van der Waals surface area contributed by atoms with E-state index in [-0.39, 0.29) is 6.10 Å². The lowest BCUT2D eigenvalue weighted by molar-refractivity contribution is -0.148. The summed E-state index contributed by atoms with van der Waals surface area (Å²) in [6, 6.07) is 4.08. The van der Waals surface area contributed by atoms with E-state index in [1.165, 1.54) is 14.2 Å². The maximum atomic E-state index is 12.0. The van der Waals surface area contributed by atoms with Gasteiger partial charge >= 0.3 is 14.1 Å². The highest BCUT2D eigenvalue weighted by atomic mass is 31.1. The molecule has 0 saturated heterocycles. The molecule has 0 spiro atoms. The molecule has 1 unspecified atom stereocenters. The molecule has 0 saturated carbocycles. The number of methoxy groups -OCH3 is 2. The van der Waals surface area contributed by atoms with Crippen molar-refractivity contribution in [3.63, 3.8) is 0 Å². The number of esters is 1. The van der Waals surface area contributed by atoms with Gasteiger partial charge in [-0.15, -0.1) is 0 Å². The minimum Gasteiger partial charge on any atom is -0.496 e. The second kappa shape index (κ2) is 8.66. The molecule has 0 aliphatic carbocycles. The third-order valence-electron chi connectivity index (χ3n) is 2.58. The summed E-state index contributed by atoms with van der Waals surface area (Å²) in [6.07, 6.45) is -0.234. The van der Waals surface area contributed by atoms with Gasteiger partial charge in [-0.3, -0.25) is 9.36 Å². The predicted molar refractivity (Wildman–Crippen MR) is 83.0 cm³/mol. The van der Waals surface area contributed by atoms with E-state index >= 15 is 0 Å². The van der Waals surface area contributed by atoms with Gasteiger partial charge in [0, 0.05) is 18.2 Å². The number of ether oxygens (including phenoxy) is 3. The minimum atomic E-state index is -2.68. The maximum absolute atomic E-state index is 12.0. The summed E-state index contributed by atoms with van der Waals surface area (Å²) in [5.41, 5.74) is 0. The van der Waals surface area contributed by atoms with Crippen molar-refractivity contribution in [1.82, 2.24) is 5.09 Å². The van der Waals surface area contributed by atoms with Crippen LogP contribution in [0.5, 0.6) is 17.2 Å². The molecule has 1 aromatic carbocycles. The van der Waals surface area contributed by atoms with E-state index in [1.54, 1.807) is 39.0 Å². The van der Waals surface area contributed by atoms with Crippen LogP contribution < -0.4 is 19.1 Å². The second-order valence-corrected chi connectivity index (χ2v) is 5.86. The van der Waals surface area contributed by atoms with Gasteiger partial charge < -0.3 is 18.7 Å². The number of nitrogens with one attached hydrogen (secondary N) is 1. The first-order valence-corrected chi connectivity index (χ1v) is 8.09. The molecule has 0 amide bonds. The fourth-order valence-electron chi connectivity index (χ4n) is 1.55. The molecule has 0 heterocycles. The van der Waals surface area contributed by atoms with Crippen molar-refractivity contribution in [3.8, 4) is 17.2 Å². The molecule has 0 aromatic heterocycles. The monoisotopic (exact) mass is 331 g/mol. The number of carbonyl (C=O) groups is 1. The predicted octanol–water partition coefficient (Wildman–Crippen LogP) is 2.40. The van der Waals surface area contributed by atoms with Crippen LogP contribution in [0.1, 0.15) is 20.8 Å². The molecule has 1 aromatic rings. The SMILES string of the molecule is COc1cc(OC)cc(O[PH](=O)N[C@@H](C)C(=O)OC(C)C)c1. The van der Waals surface area contributed by atoms with Gasteiger partial charge in [0.1, 0.15) is 23.3 Å². The zero-order chi connectivity index (χ0) is 16.7. The first-order valence-electron chi connectivity index (χ1n) is 6.77. The Kier molecular flexibility index (Phi) is 7.21. The van der Waals surface area contributed by atoms with Crippen molar-refractivity contribution < 1.29 is 28.1 Å². The van der Waals surface area contributed by atoms with Crippen molar-refractivity contribution in [3.05, 3.63) is 18.2 Å². The Morgan fingerprint density at radius 3 is 2.00 bits per heavy atom. The smallest absolute Gasteiger partial charge is 0.323 e. The van der Waals surface area contributed by atoms with E-state index in [1.807, 2.05) is 0 Å². The molecule has 2 atom stereocenters. The third kappa shape index (κ3) is 5.95. The molecule has 0 radical (unpaired) electrons. The summed E-state index contributed by atoms with van der Waals surface area (Å²) < 4.78 is 32.5. The van der Waals surface area contributed by atoms with Gasteiger partial charge in [0.25, 0.3) is 0 Å². The zero-order valence-corrected chi connectivity index (χ0v) is 14.3. The summed E-state index contributed by atoms with van der Waals surface area (Å²) >= 11 is 0. The van der Waals surface area contributed by atoms with Crippen molar-refractivity contribution in [2.24, 2.45) is 0 Å². The van der Waals surface area contributed by atoms with Crippen molar-refractivity contribution in [2.45, 2.75) is 32.9 Å². The van der Waals surface area contributed by atoms with Crippen LogP contribution in [0.15, 0.2) is 18.2 Å². The summed E-state index contributed by atoms with van der Waals surface area (Å²) in [7, 11) is 0.326. The molecule has 0 aliphatic rings. The molecule has 1 rings (SSSR count). The Morgan fingerprint density at radius 2 is 1.55 bits per heavy atom. The van der Waals surface area contributed by atoms with E-state index in [2.05, 4.69) is 5.09 Å². The average molecular weight is 331 g/mol. The third-order valence-corrected chi connectivity index (χ3v) is 3.67. The molecule has 8 heteroatoms. The van der Waals surface area contributed by atoms with E-state index < -0.39 is 20.2 Å². The van der Waals surface area contributed by atoms with Crippen LogP contribution in [0.4, 0.5) is 0 Å². The van der Waals surface area contributed by atoms with Crippen molar-refractivity contribution in [1.29, 1.82) is 0 Å². The lowest BCUT2D eigenvalue weighted by Gasteiger charge is -2.16. The Bertz CT molecular complexity index is 512. The van der Waals surface area contributed by atoms with Gasteiger partial charge in [-0.05, 0) is 20.8 Å². The van der Waals surface area contributed by atoms with E-state index in [0.717, 1.165) is 0 Å². The zero-order valence-electron chi connectivity index (χ0n) is 13.3. The molecule has 124 valence electrons. The molecule has 7 nitrogen and oxygen atoms in total. The van der Waals surface area contributed by atoms with Crippen molar-refractivity contribution in [2.75, 3.05) is 14.2 Å². The van der Waals surface area contributed by atoms with E-state index in [4.69, 9.17) is 18.7 Å². The summed E-state index contributed by atoms with van der Waals surface area (Å²) in [4.78, 5) is 11.6. The summed E-state index contributed by atoms with van der Waals surface area (Å²) in [5.74, 6) is 0.852. The van der Waals surface area contributed by atoms with Gasteiger partial charge in [-0.25, -0.2) is 5.09 Å². The normalized spacial score (nSPS) is 13.4. The lowest BCUT2D eigenvalue weighted by Crippen LogP contribution is -2.33. The Hall–Kier alpha value is -1.72. The topological polar surface area (TPSA) is 83.1 Å². The molecule has 22 heavy (non-hydrogen) atoms. The van der Waals surface area contributed by atoms with Crippen LogP contribution in [0.2, 0.25) is 0 Å². The fourth-order valence-corrected chi connectivity index (χ4v) is 2.41. The van der Waals surface area contributed by atoms with Crippen molar-refractivity contribution >= 4 is 14.1 Å². The van der Waals surface area contributed by atoms with Crippen LogP contribution >= 0.6 is 8.18 Å². The molecule has 0 bridgehead atoms. The molecule has 1 N–H and O–H groups in total. The van der Waals surface area contributed by atoms with E-state index in [9.17, 15) is 9.36 Å². The molecule has 0 aliphatic heterocycles. The number of carbonyl (C=O) groups excluding carboxylic acids is 1. The molecular weight excluding hydrogens is 309 g/mol. The maximum Gasteiger partial charge on any atom is 0.323 e. The molecular formula is C14H22NO6P. The van der Waals surface area contributed by atoms with Crippen LogP contribution in [-0.4, -0.2) is 32.3 Å². The largest absolute Gasteiger partial charge is 0.496 e.